The van der Waals surface area contributed by atoms with E-state index in [9.17, 15) is 0 Å². The van der Waals surface area contributed by atoms with Gasteiger partial charge in [0.15, 0.2) is 0 Å². The van der Waals surface area contributed by atoms with E-state index >= 15 is 0 Å². The number of benzene rings is 1. The summed E-state index contributed by atoms with van der Waals surface area (Å²) in [6, 6.07) is 13.0. The van der Waals surface area contributed by atoms with E-state index in [0.717, 1.165) is 24.2 Å². The van der Waals surface area contributed by atoms with Crippen molar-refractivity contribution >= 4 is 10.9 Å². The van der Waals surface area contributed by atoms with E-state index in [2.05, 4.69) is 60.1 Å². The van der Waals surface area contributed by atoms with E-state index in [4.69, 9.17) is 0 Å². The molecule has 0 aliphatic carbocycles. The van der Waals surface area contributed by atoms with Gasteiger partial charge in [0.05, 0.1) is 11.2 Å². The molecule has 0 unspecified atom stereocenters. The molecule has 0 bridgehead atoms. The summed E-state index contributed by atoms with van der Waals surface area (Å²) in [7, 11) is 4.19. The van der Waals surface area contributed by atoms with Gasteiger partial charge in [0.2, 0.25) is 0 Å². The fourth-order valence-electron chi connectivity index (χ4n) is 2.95. The minimum atomic E-state index is 0.415. The van der Waals surface area contributed by atoms with Crippen LogP contribution < -0.4 is 0 Å². The van der Waals surface area contributed by atoms with Crippen LogP contribution in [0.1, 0.15) is 23.9 Å². The molecule has 0 spiro atoms. The Balaban J connectivity index is 1.75. The lowest BCUT2D eigenvalue weighted by Crippen LogP contribution is -2.31. The lowest BCUT2D eigenvalue weighted by atomic mass is 10.1. The average Bonchev–Trinajstić information content (AvgIpc) is 2.83. The molecule has 0 radical (unpaired) electrons. The van der Waals surface area contributed by atoms with Gasteiger partial charge in [0.25, 0.3) is 0 Å². The van der Waals surface area contributed by atoms with E-state index in [0.29, 0.717) is 6.04 Å². The maximum atomic E-state index is 4.60. The van der Waals surface area contributed by atoms with Crippen molar-refractivity contribution in [3.05, 3.63) is 59.5 Å². The monoisotopic (exact) mass is 308 g/mol. The largest absolute Gasteiger partial charge is 0.297 e. The molecule has 0 aliphatic rings. The molecule has 4 nitrogen and oxygen atoms in total. The van der Waals surface area contributed by atoms with Gasteiger partial charge in [-0.05, 0) is 44.7 Å². The van der Waals surface area contributed by atoms with Crippen LogP contribution in [0.2, 0.25) is 0 Å². The molecule has 0 N–H and O–H groups in total. The molecule has 3 aromatic rings. The van der Waals surface area contributed by atoms with Crippen molar-refractivity contribution in [3.63, 3.8) is 0 Å². The molecular weight excluding hydrogens is 284 g/mol. The van der Waals surface area contributed by atoms with Crippen molar-refractivity contribution in [1.29, 1.82) is 0 Å². The second-order valence-corrected chi connectivity index (χ2v) is 6.38. The van der Waals surface area contributed by atoms with E-state index < -0.39 is 0 Å². The van der Waals surface area contributed by atoms with Gasteiger partial charge in [0.1, 0.15) is 0 Å². The van der Waals surface area contributed by atoms with Crippen LogP contribution in [0.5, 0.6) is 0 Å². The first kappa shape index (κ1) is 15.7. The molecule has 120 valence electrons. The van der Waals surface area contributed by atoms with Gasteiger partial charge in [-0.3, -0.25) is 14.6 Å². The average molecular weight is 308 g/mol. The maximum absolute atomic E-state index is 4.60. The van der Waals surface area contributed by atoms with Crippen molar-refractivity contribution in [2.45, 2.75) is 32.9 Å². The SMILES string of the molecule is Cc1ccnc(C[C@H](C)N(C)Cc2c3ccccc3nn2C)c1. The molecule has 0 saturated carbocycles. The van der Waals surface area contributed by atoms with Crippen molar-refractivity contribution in [1.82, 2.24) is 19.7 Å². The Kier molecular flexibility index (Phi) is 4.44. The first-order valence-electron chi connectivity index (χ1n) is 8.07. The molecule has 3 rings (SSSR count). The lowest BCUT2D eigenvalue weighted by molar-refractivity contribution is 0.241. The van der Waals surface area contributed by atoms with Gasteiger partial charge in [-0.25, -0.2) is 0 Å². The van der Waals surface area contributed by atoms with E-state index in [-0.39, 0.29) is 0 Å². The number of likely N-dealkylation sites (N-methyl/N-ethyl adjacent to an activating group) is 1. The molecule has 1 atom stereocenters. The van der Waals surface area contributed by atoms with E-state index in [1.807, 2.05) is 30.1 Å². The van der Waals surface area contributed by atoms with Crippen LogP contribution in [-0.2, 0) is 20.0 Å². The van der Waals surface area contributed by atoms with Gasteiger partial charge in [-0.1, -0.05) is 18.2 Å². The zero-order valence-electron chi connectivity index (χ0n) is 14.3. The van der Waals surface area contributed by atoms with Crippen LogP contribution in [0.4, 0.5) is 0 Å². The lowest BCUT2D eigenvalue weighted by Gasteiger charge is -2.24. The molecule has 0 saturated heterocycles. The second-order valence-electron chi connectivity index (χ2n) is 6.38. The molecule has 0 amide bonds. The predicted octanol–water partition coefficient (Wildman–Crippen LogP) is 3.34. The van der Waals surface area contributed by atoms with Gasteiger partial charge in [-0.2, -0.15) is 5.10 Å². The van der Waals surface area contributed by atoms with Crippen LogP contribution in [0.15, 0.2) is 42.6 Å². The molecule has 0 fully saturated rings. The van der Waals surface area contributed by atoms with Crippen LogP contribution in [0.25, 0.3) is 10.9 Å². The molecule has 4 heteroatoms. The van der Waals surface area contributed by atoms with Crippen LogP contribution >= 0.6 is 0 Å². The number of aromatic nitrogens is 3. The normalized spacial score (nSPS) is 12.9. The van der Waals surface area contributed by atoms with Crippen molar-refractivity contribution in [3.8, 4) is 0 Å². The van der Waals surface area contributed by atoms with E-state index in [1.165, 1.54) is 16.6 Å². The Morgan fingerprint density at radius 1 is 1.22 bits per heavy atom. The van der Waals surface area contributed by atoms with Crippen LogP contribution in [-0.4, -0.2) is 32.8 Å². The van der Waals surface area contributed by atoms with Gasteiger partial charge in [-0.15, -0.1) is 0 Å². The number of hydrogen-bond acceptors (Lipinski definition) is 3. The van der Waals surface area contributed by atoms with Crippen molar-refractivity contribution in [2.75, 3.05) is 7.05 Å². The minimum Gasteiger partial charge on any atom is -0.297 e. The van der Waals surface area contributed by atoms with Crippen molar-refractivity contribution < 1.29 is 0 Å². The summed E-state index contributed by atoms with van der Waals surface area (Å²) < 4.78 is 2.00. The Morgan fingerprint density at radius 2 is 2.00 bits per heavy atom. The molecular formula is C19H24N4. The Bertz CT molecular complexity index is 806. The first-order chi connectivity index (χ1) is 11.0. The Hall–Kier alpha value is -2.20. The topological polar surface area (TPSA) is 34.0 Å². The number of aryl methyl sites for hydroxylation is 2. The third kappa shape index (κ3) is 3.42. The third-order valence-corrected chi connectivity index (χ3v) is 4.49. The second kappa shape index (κ2) is 6.50. The number of pyridine rings is 1. The third-order valence-electron chi connectivity index (χ3n) is 4.49. The summed E-state index contributed by atoms with van der Waals surface area (Å²) in [5.41, 5.74) is 4.74. The standard InChI is InChI=1S/C19H24N4/c1-14-9-10-20-16(11-14)12-15(2)22(3)13-19-17-7-5-6-8-18(17)21-23(19)4/h5-11,15H,12-13H2,1-4H3/t15-/m0/s1. The Morgan fingerprint density at radius 3 is 2.78 bits per heavy atom. The zero-order chi connectivity index (χ0) is 16.4. The van der Waals surface area contributed by atoms with Crippen molar-refractivity contribution in [2.24, 2.45) is 7.05 Å². The molecule has 2 aromatic heterocycles. The van der Waals surface area contributed by atoms with Gasteiger partial charge in [0, 0.05) is 43.3 Å². The van der Waals surface area contributed by atoms with Crippen LogP contribution in [0.3, 0.4) is 0 Å². The van der Waals surface area contributed by atoms with E-state index in [1.54, 1.807) is 0 Å². The summed E-state index contributed by atoms with van der Waals surface area (Å²) in [6.45, 7) is 5.24. The summed E-state index contributed by atoms with van der Waals surface area (Å²) >= 11 is 0. The minimum absolute atomic E-state index is 0.415. The highest BCUT2D eigenvalue weighted by molar-refractivity contribution is 5.81. The number of hydrogen-bond donors (Lipinski definition) is 0. The highest BCUT2D eigenvalue weighted by Gasteiger charge is 2.15. The quantitative estimate of drug-likeness (QED) is 0.725. The Labute approximate surface area is 137 Å². The highest BCUT2D eigenvalue weighted by Crippen LogP contribution is 2.20. The maximum Gasteiger partial charge on any atom is 0.0926 e. The number of nitrogens with zero attached hydrogens (tertiary/aromatic N) is 4. The summed E-state index contributed by atoms with van der Waals surface area (Å²) in [5.74, 6) is 0. The smallest absolute Gasteiger partial charge is 0.0926 e. The zero-order valence-corrected chi connectivity index (χ0v) is 14.3. The van der Waals surface area contributed by atoms with Gasteiger partial charge < -0.3 is 0 Å². The first-order valence-corrected chi connectivity index (χ1v) is 8.07. The van der Waals surface area contributed by atoms with Crippen LogP contribution in [0, 0.1) is 6.92 Å². The summed E-state index contributed by atoms with van der Waals surface area (Å²) in [6.07, 6.45) is 2.85. The van der Waals surface area contributed by atoms with Gasteiger partial charge >= 0.3 is 0 Å². The summed E-state index contributed by atoms with van der Waals surface area (Å²) in [4.78, 5) is 6.85. The highest BCUT2D eigenvalue weighted by atomic mass is 15.3. The number of rotatable bonds is 5. The molecule has 2 heterocycles. The number of fused-ring (bicyclic) bond motifs is 1. The fraction of sp³-hybridized carbons (Fsp3) is 0.368. The molecule has 1 aromatic carbocycles. The fourth-order valence-corrected chi connectivity index (χ4v) is 2.95. The molecule has 23 heavy (non-hydrogen) atoms. The predicted molar refractivity (Wildman–Crippen MR) is 94.3 cm³/mol. The molecule has 0 aliphatic heterocycles. The summed E-state index contributed by atoms with van der Waals surface area (Å²) in [5, 5.41) is 5.84.